The lowest BCUT2D eigenvalue weighted by Gasteiger charge is -2.16. The molecule has 1 fully saturated rings. The number of hydrogen-bond donors (Lipinski definition) is 2. The minimum atomic E-state index is -0.282. The van der Waals surface area contributed by atoms with Crippen molar-refractivity contribution in [2.24, 2.45) is 5.92 Å². The van der Waals surface area contributed by atoms with E-state index in [-0.39, 0.29) is 23.8 Å². The molecule has 0 bridgehead atoms. The third-order valence-corrected chi connectivity index (χ3v) is 3.41. The maximum Gasteiger partial charge on any atom is 0.124 e. The number of nitrogens with zero attached hydrogens (tertiary/aromatic N) is 1. The number of nitrogens with one attached hydrogen (secondary N) is 2. The highest BCUT2D eigenvalue weighted by molar-refractivity contribution is 5.39. The Labute approximate surface area is 98.4 Å². The fourth-order valence-electron chi connectivity index (χ4n) is 2.55. The van der Waals surface area contributed by atoms with Crippen molar-refractivity contribution in [1.82, 2.24) is 10.9 Å². The molecule has 0 saturated carbocycles. The van der Waals surface area contributed by atoms with E-state index in [2.05, 4.69) is 16.9 Å². The Bertz CT molecular complexity index is 485. The smallest absolute Gasteiger partial charge is 0.124 e. The van der Waals surface area contributed by atoms with Crippen LogP contribution >= 0.6 is 0 Å². The number of hydrazine groups is 1. The quantitative estimate of drug-likeness (QED) is 0.708. The topological polar surface area (TPSA) is 57.1 Å². The average molecular weight is 233 g/mol. The van der Waals surface area contributed by atoms with Gasteiger partial charge in [-0.2, -0.15) is 5.26 Å². The molecule has 0 amide bonds. The van der Waals surface area contributed by atoms with E-state index in [0.29, 0.717) is 12.4 Å². The summed E-state index contributed by atoms with van der Waals surface area (Å²) >= 11 is 0. The molecule has 2 heterocycles. The molecule has 1 saturated heterocycles. The highest BCUT2D eigenvalue weighted by Crippen LogP contribution is 2.38. The maximum absolute atomic E-state index is 13.3. The Hall–Kier alpha value is -1.64. The molecule has 3 unspecified atom stereocenters. The van der Waals surface area contributed by atoms with E-state index < -0.39 is 0 Å². The normalized spacial score (nSPS) is 30.7. The van der Waals surface area contributed by atoms with Crippen LogP contribution in [0.5, 0.6) is 5.75 Å². The Morgan fingerprint density at radius 2 is 2.29 bits per heavy atom. The lowest BCUT2D eigenvalue weighted by atomic mass is 9.88. The van der Waals surface area contributed by atoms with Crippen LogP contribution in [0.2, 0.25) is 0 Å². The average Bonchev–Trinajstić information content (AvgIpc) is 2.66. The van der Waals surface area contributed by atoms with Crippen LogP contribution in [0.1, 0.15) is 18.0 Å². The Kier molecular flexibility index (Phi) is 2.46. The number of hydrogen-bond acceptors (Lipinski definition) is 4. The molecule has 1 aromatic rings. The third-order valence-electron chi connectivity index (χ3n) is 3.41. The highest BCUT2D eigenvalue weighted by Gasteiger charge is 2.39. The van der Waals surface area contributed by atoms with Gasteiger partial charge in [0.05, 0.1) is 18.7 Å². The second kappa shape index (κ2) is 3.99. The van der Waals surface area contributed by atoms with E-state index in [1.165, 1.54) is 12.1 Å². The van der Waals surface area contributed by atoms with Crippen LogP contribution in [0, 0.1) is 23.1 Å². The zero-order valence-electron chi connectivity index (χ0n) is 9.11. The van der Waals surface area contributed by atoms with Gasteiger partial charge >= 0.3 is 0 Å². The van der Waals surface area contributed by atoms with E-state index in [9.17, 15) is 4.39 Å². The van der Waals surface area contributed by atoms with Crippen LogP contribution < -0.4 is 15.6 Å². The number of rotatable bonds is 0. The molecule has 3 atom stereocenters. The minimum absolute atomic E-state index is 0.0622. The summed E-state index contributed by atoms with van der Waals surface area (Å²) in [6, 6.07) is 6.42. The molecule has 2 aliphatic heterocycles. The summed E-state index contributed by atoms with van der Waals surface area (Å²) in [7, 11) is 0. The predicted molar refractivity (Wildman–Crippen MR) is 58.4 cm³/mol. The SMILES string of the molecule is N#CC1NNC2c3cc(F)ccc3OCCC12. The Morgan fingerprint density at radius 3 is 3.12 bits per heavy atom. The molecule has 2 aliphatic rings. The molecule has 0 spiro atoms. The Balaban J connectivity index is 2.03. The molecule has 4 nitrogen and oxygen atoms in total. The minimum Gasteiger partial charge on any atom is -0.493 e. The van der Waals surface area contributed by atoms with Crippen molar-refractivity contribution >= 4 is 0 Å². The molecule has 0 aliphatic carbocycles. The van der Waals surface area contributed by atoms with E-state index in [4.69, 9.17) is 10.00 Å². The van der Waals surface area contributed by atoms with Crippen molar-refractivity contribution in [2.45, 2.75) is 18.5 Å². The molecule has 2 N–H and O–H groups in total. The monoisotopic (exact) mass is 233 g/mol. The molecule has 1 aromatic carbocycles. The van der Waals surface area contributed by atoms with Gasteiger partial charge in [0, 0.05) is 11.5 Å². The summed E-state index contributed by atoms with van der Waals surface area (Å²) in [5.41, 5.74) is 6.80. The number of halogens is 1. The van der Waals surface area contributed by atoms with E-state index in [1.54, 1.807) is 6.07 Å². The number of fused-ring (bicyclic) bond motifs is 3. The van der Waals surface area contributed by atoms with Gasteiger partial charge in [-0.15, -0.1) is 0 Å². The van der Waals surface area contributed by atoms with Gasteiger partial charge in [-0.3, -0.25) is 0 Å². The second-order valence-electron chi connectivity index (χ2n) is 4.36. The maximum atomic E-state index is 13.3. The number of nitriles is 1. The molecule has 5 heteroatoms. The molecule has 0 radical (unpaired) electrons. The number of ether oxygens (including phenoxy) is 1. The lowest BCUT2D eigenvalue weighted by Crippen LogP contribution is -2.31. The molecule has 17 heavy (non-hydrogen) atoms. The van der Waals surface area contributed by atoms with Crippen LogP contribution in [0.3, 0.4) is 0 Å². The van der Waals surface area contributed by atoms with Gasteiger partial charge < -0.3 is 4.74 Å². The van der Waals surface area contributed by atoms with Crippen LogP contribution in [-0.2, 0) is 0 Å². The van der Waals surface area contributed by atoms with Crippen molar-refractivity contribution < 1.29 is 9.13 Å². The van der Waals surface area contributed by atoms with Gasteiger partial charge in [-0.25, -0.2) is 15.2 Å². The van der Waals surface area contributed by atoms with Gasteiger partial charge in [0.25, 0.3) is 0 Å². The van der Waals surface area contributed by atoms with E-state index in [1.807, 2.05) is 0 Å². The fraction of sp³-hybridized carbons (Fsp3) is 0.417. The summed E-state index contributed by atoms with van der Waals surface area (Å²) in [6.45, 7) is 0.557. The molecule has 88 valence electrons. The van der Waals surface area contributed by atoms with Gasteiger partial charge in [-0.05, 0) is 24.6 Å². The zero-order valence-corrected chi connectivity index (χ0v) is 9.11. The van der Waals surface area contributed by atoms with Crippen molar-refractivity contribution in [3.63, 3.8) is 0 Å². The van der Waals surface area contributed by atoms with Gasteiger partial charge in [-0.1, -0.05) is 0 Å². The van der Waals surface area contributed by atoms with E-state index >= 15 is 0 Å². The predicted octanol–water partition coefficient (Wildman–Crippen LogP) is 1.27. The second-order valence-corrected chi connectivity index (χ2v) is 4.36. The lowest BCUT2D eigenvalue weighted by molar-refractivity contribution is 0.289. The van der Waals surface area contributed by atoms with Gasteiger partial charge in [0.15, 0.2) is 0 Å². The van der Waals surface area contributed by atoms with Crippen molar-refractivity contribution in [2.75, 3.05) is 6.61 Å². The summed E-state index contributed by atoms with van der Waals surface area (Å²) in [5.74, 6) is 0.532. The Morgan fingerprint density at radius 1 is 1.41 bits per heavy atom. The fourth-order valence-corrected chi connectivity index (χ4v) is 2.55. The molecule has 0 aromatic heterocycles. The zero-order chi connectivity index (χ0) is 11.8. The van der Waals surface area contributed by atoms with Gasteiger partial charge in [0.1, 0.15) is 17.6 Å². The standard InChI is InChI=1S/C12H12FN3O/c13-7-1-2-11-9(5-7)12-8(3-4-17-11)10(6-14)15-16-12/h1-2,5,8,10,12,15-16H,3-4H2. The van der Waals surface area contributed by atoms with Gasteiger partial charge in [0.2, 0.25) is 0 Å². The summed E-state index contributed by atoms with van der Waals surface area (Å²) < 4.78 is 18.9. The van der Waals surface area contributed by atoms with Crippen LogP contribution in [0.15, 0.2) is 18.2 Å². The van der Waals surface area contributed by atoms with Crippen molar-refractivity contribution in [1.29, 1.82) is 5.26 Å². The number of benzene rings is 1. The first kappa shape index (κ1) is 10.5. The largest absolute Gasteiger partial charge is 0.493 e. The first-order valence-corrected chi connectivity index (χ1v) is 5.62. The highest BCUT2D eigenvalue weighted by atomic mass is 19.1. The van der Waals surface area contributed by atoms with Crippen molar-refractivity contribution in [3.8, 4) is 11.8 Å². The van der Waals surface area contributed by atoms with Crippen LogP contribution in [0.25, 0.3) is 0 Å². The first-order valence-electron chi connectivity index (χ1n) is 5.62. The summed E-state index contributed by atoms with van der Waals surface area (Å²) in [5, 5.41) is 9.03. The first-order chi connectivity index (χ1) is 8.29. The molecule has 3 rings (SSSR count). The van der Waals surface area contributed by atoms with Crippen LogP contribution in [-0.4, -0.2) is 12.6 Å². The van der Waals surface area contributed by atoms with E-state index in [0.717, 1.165) is 12.0 Å². The van der Waals surface area contributed by atoms with Crippen LogP contribution in [0.4, 0.5) is 4.39 Å². The summed E-state index contributed by atoms with van der Waals surface area (Å²) in [4.78, 5) is 0. The molecular formula is C12H12FN3O. The summed E-state index contributed by atoms with van der Waals surface area (Å²) in [6.07, 6.45) is 0.777. The third kappa shape index (κ3) is 1.66. The molecular weight excluding hydrogens is 221 g/mol. The van der Waals surface area contributed by atoms with Crippen molar-refractivity contribution in [3.05, 3.63) is 29.6 Å².